The molecule has 0 bridgehead atoms. The summed E-state index contributed by atoms with van der Waals surface area (Å²) in [5.74, 6) is 2.28. The zero-order chi connectivity index (χ0) is 15.8. The SMILES string of the molecule is Clc1nc(NCCc2ccc3c(c2)OCO3)c2cc(Cl)sc2n1. The van der Waals surface area contributed by atoms with Crippen LogP contribution in [0, 0.1) is 0 Å². The average Bonchev–Trinajstić information content (AvgIpc) is 3.12. The Hall–Kier alpha value is -1.76. The van der Waals surface area contributed by atoms with Gasteiger partial charge in [-0.25, -0.2) is 9.97 Å². The molecule has 1 aliphatic rings. The van der Waals surface area contributed by atoms with Gasteiger partial charge in [-0.3, -0.25) is 0 Å². The number of anilines is 1. The van der Waals surface area contributed by atoms with Crippen LogP contribution in [0.2, 0.25) is 9.62 Å². The van der Waals surface area contributed by atoms with E-state index >= 15 is 0 Å². The number of halogens is 2. The summed E-state index contributed by atoms with van der Waals surface area (Å²) < 4.78 is 11.4. The van der Waals surface area contributed by atoms with Crippen molar-refractivity contribution < 1.29 is 9.47 Å². The molecule has 23 heavy (non-hydrogen) atoms. The van der Waals surface area contributed by atoms with Crippen LogP contribution in [-0.2, 0) is 6.42 Å². The highest BCUT2D eigenvalue weighted by Crippen LogP contribution is 2.34. The molecule has 4 rings (SSSR count). The molecule has 118 valence electrons. The van der Waals surface area contributed by atoms with E-state index in [9.17, 15) is 0 Å². The monoisotopic (exact) mass is 367 g/mol. The van der Waals surface area contributed by atoms with Crippen molar-refractivity contribution in [3.8, 4) is 11.5 Å². The number of fused-ring (bicyclic) bond motifs is 2. The van der Waals surface area contributed by atoms with E-state index < -0.39 is 0 Å². The molecule has 1 aromatic carbocycles. The third-order valence-corrected chi connectivity index (χ3v) is 4.81. The summed E-state index contributed by atoms with van der Waals surface area (Å²) in [4.78, 5) is 9.21. The molecule has 1 aliphatic heterocycles. The van der Waals surface area contributed by atoms with Crippen molar-refractivity contribution in [2.45, 2.75) is 6.42 Å². The highest BCUT2D eigenvalue weighted by molar-refractivity contribution is 7.22. The maximum atomic E-state index is 6.05. The van der Waals surface area contributed by atoms with E-state index in [1.54, 1.807) is 0 Å². The Morgan fingerprint density at radius 2 is 2.00 bits per heavy atom. The van der Waals surface area contributed by atoms with Crippen molar-refractivity contribution >= 4 is 50.6 Å². The van der Waals surface area contributed by atoms with Crippen LogP contribution in [0.4, 0.5) is 5.82 Å². The van der Waals surface area contributed by atoms with Crippen LogP contribution < -0.4 is 14.8 Å². The number of benzene rings is 1. The number of hydrogen-bond acceptors (Lipinski definition) is 6. The Kier molecular flexibility index (Phi) is 3.88. The summed E-state index contributed by atoms with van der Waals surface area (Å²) in [5, 5.41) is 4.39. The normalized spacial score (nSPS) is 12.8. The molecular weight excluding hydrogens is 357 g/mol. The van der Waals surface area contributed by atoms with Gasteiger partial charge in [-0.2, -0.15) is 0 Å². The van der Waals surface area contributed by atoms with E-state index in [1.165, 1.54) is 11.3 Å². The van der Waals surface area contributed by atoms with Crippen LogP contribution in [0.1, 0.15) is 5.56 Å². The first-order valence-electron chi connectivity index (χ1n) is 6.94. The summed E-state index contributed by atoms with van der Waals surface area (Å²) in [6.45, 7) is 0.989. The van der Waals surface area contributed by atoms with Gasteiger partial charge < -0.3 is 14.8 Å². The lowest BCUT2D eigenvalue weighted by molar-refractivity contribution is 0.174. The Morgan fingerprint density at radius 1 is 1.13 bits per heavy atom. The summed E-state index contributed by atoms with van der Waals surface area (Å²) in [7, 11) is 0. The van der Waals surface area contributed by atoms with Crippen molar-refractivity contribution in [2.75, 3.05) is 18.7 Å². The number of rotatable bonds is 4. The molecule has 3 heterocycles. The molecule has 3 aromatic rings. The van der Waals surface area contributed by atoms with Crippen molar-refractivity contribution in [1.29, 1.82) is 0 Å². The first-order chi connectivity index (χ1) is 11.2. The Bertz CT molecular complexity index is 885. The van der Waals surface area contributed by atoms with E-state index in [1.807, 2.05) is 24.3 Å². The third kappa shape index (κ3) is 3.02. The lowest BCUT2D eigenvalue weighted by Gasteiger charge is -2.07. The first-order valence-corrected chi connectivity index (χ1v) is 8.51. The minimum atomic E-state index is 0.210. The Morgan fingerprint density at radius 3 is 2.91 bits per heavy atom. The van der Waals surface area contributed by atoms with Crippen LogP contribution in [0.25, 0.3) is 10.2 Å². The summed E-state index contributed by atoms with van der Waals surface area (Å²) in [5.41, 5.74) is 1.15. The van der Waals surface area contributed by atoms with E-state index in [-0.39, 0.29) is 12.1 Å². The van der Waals surface area contributed by atoms with Crippen molar-refractivity contribution in [2.24, 2.45) is 0 Å². The molecule has 5 nitrogen and oxygen atoms in total. The molecule has 0 saturated heterocycles. The van der Waals surface area contributed by atoms with E-state index in [2.05, 4.69) is 15.3 Å². The second-order valence-electron chi connectivity index (χ2n) is 4.97. The average molecular weight is 368 g/mol. The second kappa shape index (κ2) is 6.03. The second-order valence-corrected chi connectivity index (χ2v) is 6.97. The molecule has 0 fully saturated rings. The number of nitrogens with zero attached hydrogens (tertiary/aromatic N) is 2. The molecule has 0 radical (unpaired) electrons. The molecule has 1 N–H and O–H groups in total. The topological polar surface area (TPSA) is 56.3 Å². The molecule has 2 aromatic heterocycles. The lowest BCUT2D eigenvalue weighted by atomic mass is 10.1. The number of nitrogens with one attached hydrogen (secondary N) is 1. The van der Waals surface area contributed by atoms with Crippen molar-refractivity contribution in [1.82, 2.24) is 9.97 Å². The van der Waals surface area contributed by atoms with Crippen LogP contribution in [0.15, 0.2) is 24.3 Å². The predicted octanol–water partition coefficient (Wildman–Crippen LogP) is 4.38. The first kappa shape index (κ1) is 14.8. The van der Waals surface area contributed by atoms with Gasteiger partial charge in [0.1, 0.15) is 10.6 Å². The van der Waals surface area contributed by atoms with Crippen LogP contribution in [0.3, 0.4) is 0 Å². The number of aromatic nitrogens is 2. The fraction of sp³-hybridized carbons (Fsp3) is 0.200. The van der Waals surface area contributed by atoms with Gasteiger partial charge in [0.05, 0.1) is 9.72 Å². The maximum Gasteiger partial charge on any atom is 0.231 e. The van der Waals surface area contributed by atoms with Crippen LogP contribution in [-0.4, -0.2) is 23.3 Å². The smallest absolute Gasteiger partial charge is 0.231 e. The standard InChI is InChI=1S/C15H11Cl2N3O2S/c16-12-6-9-13(19-15(17)20-14(9)23-12)18-4-3-8-1-2-10-11(5-8)22-7-21-10/h1-2,5-6H,3-4,7H2,(H,18,19,20). The molecule has 0 amide bonds. The van der Waals surface area contributed by atoms with Gasteiger partial charge in [0.15, 0.2) is 11.5 Å². The number of thiophene rings is 1. The summed E-state index contributed by atoms with van der Waals surface area (Å²) >= 11 is 13.4. The maximum absolute atomic E-state index is 6.05. The van der Waals surface area contributed by atoms with Gasteiger partial charge in [0, 0.05) is 6.54 Å². The zero-order valence-electron chi connectivity index (χ0n) is 11.8. The fourth-order valence-electron chi connectivity index (χ4n) is 2.42. The minimum Gasteiger partial charge on any atom is -0.454 e. The molecule has 0 atom stereocenters. The predicted molar refractivity (Wildman–Crippen MR) is 92.2 cm³/mol. The molecule has 0 spiro atoms. The van der Waals surface area contributed by atoms with E-state index in [0.717, 1.165) is 33.7 Å². The molecule has 0 unspecified atom stereocenters. The van der Waals surface area contributed by atoms with Gasteiger partial charge in [0.2, 0.25) is 12.1 Å². The highest BCUT2D eigenvalue weighted by atomic mass is 35.5. The van der Waals surface area contributed by atoms with Crippen LogP contribution >= 0.6 is 34.5 Å². The molecular formula is C15H11Cl2N3O2S. The lowest BCUT2D eigenvalue weighted by Crippen LogP contribution is -2.07. The largest absolute Gasteiger partial charge is 0.454 e. The fourth-order valence-corrected chi connectivity index (χ4v) is 3.73. The highest BCUT2D eigenvalue weighted by Gasteiger charge is 2.13. The zero-order valence-corrected chi connectivity index (χ0v) is 14.1. The van der Waals surface area contributed by atoms with Gasteiger partial charge in [-0.1, -0.05) is 17.7 Å². The summed E-state index contributed by atoms with van der Waals surface area (Å²) in [6, 6.07) is 7.80. The Balaban J connectivity index is 1.49. The number of hydrogen-bond donors (Lipinski definition) is 1. The third-order valence-electron chi connectivity index (χ3n) is 3.48. The van der Waals surface area contributed by atoms with Crippen LogP contribution in [0.5, 0.6) is 11.5 Å². The molecule has 0 saturated carbocycles. The quantitative estimate of drug-likeness (QED) is 0.693. The Labute approximate surface area is 146 Å². The van der Waals surface area contributed by atoms with Crippen molar-refractivity contribution in [3.63, 3.8) is 0 Å². The minimum absolute atomic E-state index is 0.210. The van der Waals surface area contributed by atoms with Crippen molar-refractivity contribution in [3.05, 3.63) is 39.4 Å². The van der Waals surface area contributed by atoms with E-state index in [4.69, 9.17) is 32.7 Å². The van der Waals surface area contributed by atoms with Gasteiger partial charge in [-0.05, 0) is 41.8 Å². The van der Waals surface area contributed by atoms with Gasteiger partial charge in [0.25, 0.3) is 0 Å². The number of ether oxygens (including phenoxy) is 2. The molecule has 8 heteroatoms. The van der Waals surface area contributed by atoms with E-state index in [0.29, 0.717) is 16.7 Å². The van der Waals surface area contributed by atoms with Gasteiger partial charge in [-0.15, -0.1) is 11.3 Å². The van der Waals surface area contributed by atoms with Gasteiger partial charge >= 0.3 is 0 Å². The molecule has 0 aliphatic carbocycles. The summed E-state index contributed by atoms with van der Waals surface area (Å²) in [6.07, 6.45) is 0.817.